The number of nitrogens with zero attached hydrogens (tertiary/aromatic N) is 3. The van der Waals surface area contributed by atoms with E-state index in [4.69, 9.17) is 4.42 Å². The highest BCUT2D eigenvalue weighted by atomic mass is 79.9. The van der Waals surface area contributed by atoms with Crippen molar-refractivity contribution in [1.29, 1.82) is 0 Å². The molecule has 0 aliphatic heterocycles. The average molecular weight is 314 g/mol. The van der Waals surface area contributed by atoms with Crippen molar-refractivity contribution < 1.29 is 4.42 Å². The second-order valence-corrected chi connectivity index (χ2v) is 5.34. The van der Waals surface area contributed by atoms with E-state index in [0.717, 1.165) is 34.0 Å². The lowest BCUT2D eigenvalue weighted by Gasteiger charge is -2.01. The van der Waals surface area contributed by atoms with E-state index in [9.17, 15) is 0 Å². The highest BCUT2D eigenvalue weighted by Crippen LogP contribution is 2.26. The summed E-state index contributed by atoms with van der Waals surface area (Å²) in [6.45, 7) is 4.00. The quantitative estimate of drug-likeness (QED) is 0.807. The van der Waals surface area contributed by atoms with Crippen molar-refractivity contribution in [3.63, 3.8) is 0 Å². The van der Waals surface area contributed by atoms with Gasteiger partial charge in [-0.05, 0) is 41.0 Å². The number of hydrogen-bond donors (Lipinski definition) is 0. The summed E-state index contributed by atoms with van der Waals surface area (Å²) in [5.41, 5.74) is 0.870. The fraction of sp³-hybridized carbons (Fsp3) is 0.364. The second-order valence-electron chi connectivity index (χ2n) is 3.55. The van der Waals surface area contributed by atoms with E-state index in [1.807, 2.05) is 13.0 Å². The van der Waals surface area contributed by atoms with Crippen molar-refractivity contribution in [2.45, 2.75) is 36.9 Å². The molecule has 0 amide bonds. The number of aryl methyl sites for hydroxylation is 2. The number of oxazole rings is 1. The molecule has 0 bridgehead atoms. The molecule has 2 aromatic rings. The van der Waals surface area contributed by atoms with Crippen molar-refractivity contribution in [2.24, 2.45) is 0 Å². The maximum atomic E-state index is 5.28. The first-order valence-electron chi connectivity index (χ1n) is 5.31. The third-order valence-corrected chi connectivity index (χ3v) is 3.17. The molecule has 6 heteroatoms. The Hall–Kier alpha value is -0.880. The Kier molecular flexibility index (Phi) is 4.17. The Labute approximate surface area is 112 Å². The van der Waals surface area contributed by atoms with Crippen LogP contribution >= 0.6 is 27.7 Å². The lowest BCUT2D eigenvalue weighted by Crippen LogP contribution is -1.96. The normalized spacial score (nSPS) is 10.8. The predicted octanol–water partition coefficient (Wildman–Crippen LogP) is 3.64. The summed E-state index contributed by atoms with van der Waals surface area (Å²) in [6.07, 6.45) is 3.53. The molecule has 0 fully saturated rings. The molecule has 0 saturated heterocycles. The van der Waals surface area contributed by atoms with Crippen molar-refractivity contribution in [3.8, 4) is 0 Å². The first-order valence-corrected chi connectivity index (χ1v) is 6.91. The summed E-state index contributed by atoms with van der Waals surface area (Å²) in [7, 11) is 0. The van der Waals surface area contributed by atoms with Gasteiger partial charge in [-0.1, -0.05) is 6.92 Å². The van der Waals surface area contributed by atoms with E-state index >= 15 is 0 Å². The van der Waals surface area contributed by atoms with Crippen LogP contribution in [0.2, 0.25) is 0 Å². The highest BCUT2D eigenvalue weighted by Gasteiger charge is 2.08. The Morgan fingerprint density at radius 2 is 2.18 bits per heavy atom. The number of halogens is 1. The first kappa shape index (κ1) is 12.6. The van der Waals surface area contributed by atoms with Gasteiger partial charge in [0.25, 0.3) is 5.22 Å². The molecule has 0 aliphatic carbocycles. The van der Waals surface area contributed by atoms with Crippen LogP contribution in [0.25, 0.3) is 0 Å². The zero-order valence-corrected chi connectivity index (χ0v) is 12.0. The zero-order chi connectivity index (χ0) is 12.3. The summed E-state index contributed by atoms with van der Waals surface area (Å²) < 4.78 is 6.08. The van der Waals surface area contributed by atoms with Gasteiger partial charge >= 0.3 is 0 Å². The van der Waals surface area contributed by atoms with Crippen LogP contribution in [0.15, 0.2) is 31.6 Å². The van der Waals surface area contributed by atoms with Crippen molar-refractivity contribution in [3.05, 3.63) is 28.5 Å². The third-order valence-electron chi connectivity index (χ3n) is 1.98. The molecular weight excluding hydrogens is 302 g/mol. The summed E-state index contributed by atoms with van der Waals surface area (Å²) in [4.78, 5) is 13.0. The summed E-state index contributed by atoms with van der Waals surface area (Å²) >= 11 is 4.79. The Morgan fingerprint density at radius 1 is 1.35 bits per heavy atom. The lowest BCUT2D eigenvalue weighted by molar-refractivity contribution is 0.453. The number of aromatic nitrogens is 3. The molecule has 0 unspecified atom stereocenters. The highest BCUT2D eigenvalue weighted by molar-refractivity contribution is 9.10. The van der Waals surface area contributed by atoms with Crippen LogP contribution < -0.4 is 0 Å². The van der Waals surface area contributed by atoms with Gasteiger partial charge in [-0.25, -0.2) is 15.0 Å². The fourth-order valence-corrected chi connectivity index (χ4v) is 2.66. The van der Waals surface area contributed by atoms with Gasteiger partial charge in [-0.2, -0.15) is 0 Å². The van der Waals surface area contributed by atoms with Crippen LogP contribution in [-0.4, -0.2) is 15.0 Å². The molecule has 2 aromatic heterocycles. The molecule has 90 valence electrons. The Bertz CT molecular complexity index is 515. The van der Waals surface area contributed by atoms with Crippen molar-refractivity contribution >= 4 is 27.7 Å². The minimum absolute atomic E-state index is 0.607. The van der Waals surface area contributed by atoms with E-state index < -0.39 is 0 Å². The van der Waals surface area contributed by atoms with Gasteiger partial charge in [0.2, 0.25) is 0 Å². The Morgan fingerprint density at radius 3 is 2.82 bits per heavy atom. The van der Waals surface area contributed by atoms with Crippen molar-refractivity contribution in [1.82, 2.24) is 15.0 Å². The van der Waals surface area contributed by atoms with Gasteiger partial charge in [0.15, 0.2) is 0 Å². The van der Waals surface area contributed by atoms with Gasteiger partial charge in [-0.3, -0.25) is 0 Å². The molecule has 2 heterocycles. The summed E-state index contributed by atoms with van der Waals surface area (Å²) in [5, 5.41) is 1.45. The largest absolute Gasteiger partial charge is 0.439 e. The zero-order valence-electron chi connectivity index (χ0n) is 9.61. The minimum Gasteiger partial charge on any atom is -0.439 e. The average Bonchev–Trinajstić information content (AvgIpc) is 2.63. The minimum atomic E-state index is 0.607. The van der Waals surface area contributed by atoms with Gasteiger partial charge in [0, 0.05) is 12.5 Å². The maximum Gasteiger partial charge on any atom is 0.262 e. The molecule has 0 aromatic carbocycles. The molecule has 17 heavy (non-hydrogen) atoms. The fourth-order valence-electron chi connectivity index (χ4n) is 1.30. The van der Waals surface area contributed by atoms with Crippen LogP contribution in [-0.2, 0) is 6.42 Å². The first-order chi connectivity index (χ1) is 8.17. The van der Waals surface area contributed by atoms with Crippen LogP contribution in [0.4, 0.5) is 0 Å². The number of rotatable bonds is 4. The van der Waals surface area contributed by atoms with E-state index in [-0.39, 0.29) is 0 Å². The van der Waals surface area contributed by atoms with Crippen molar-refractivity contribution in [2.75, 3.05) is 0 Å². The van der Waals surface area contributed by atoms with Crippen LogP contribution in [0.5, 0.6) is 0 Å². The molecule has 0 N–H and O–H groups in total. The van der Waals surface area contributed by atoms with E-state index in [1.54, 1.807) is 6.26 Å². The van der Waals surface area contributed by atoms with Crippen LogP contribution in [0.3, 0.4) is 0 Å². The maximum absolute atomic E-state index is 5.28. The molecule has 0 aliphatic rings. The monoisotopic (exact) mass is 313 g/mol. The van der Waals surface area contributed by atoms with Gasteiger partial charge in [0.05, 0.1) is 5.69 Å². The molecule has 4 nitrogen and oxygen atoms in total. The summed E-state index contributed by atoms with van der Waals surface area (Å²) in [5.74, 6) is 0.840. The molecular formula is C11H12BrN3OS. The topological polar surface area (TPSA) is 51.8 Å². The van der Waals surface area contributed by atoms with Crippen LogP contribution in [0.1, 0.15) is 24.9 Å². The third kappa shape index (κ3) is 3.54. The second kappa shape index (κ2) is 5.64. The molecule has 0 atom stereocenters. The van der Waals surface area contributed by atoms with E-state index in [0.29, 0.717) is 5.22 Å². The lowest BCUT2D eigenvalue weighted by atomic mass is 10.3. The standard InChI is InChI=1S/C11H12BrN3OS/c1-3-4-9-14-8(12)5-10(15-9)17-11-13-7(2)6-16-11/h5-6H,3-4H2,1-2H3. The predicted molar refractivity (Wildman–Crippen MR) is 69.1 cm³/mol. The molecule has 0 saturated carbocycles. The molecule has 2 rings (SSSR count). The molecule has 0 spiro atoms. The van der Waals surface area contributed by atoms with Gasteiger partial charge in [-0.15, -0.1) is 0 Å². The Balaban J connectivity index is 2.20. The van der Waals surface area contributed by atoms with E-state index in [2.05, 4.69) is 37.8 Å². The SMILES string of the molecule is CCCc1nc(Br)cc(Sc2nc(C)co2)n1. The summed E-state index contributed by atoms with van der Waals surface area (Å²) in [6, 6.07) is 1.86. The van der Waals surface area contributed by atoms with Gasteiger partial charge in [0.1, 0.15) is 21.7 Å². The molecule has 0 radical (unpaired) electrons. The smallest absolute Gasteiger partial charge is 0.262 e. The van der Waals surface area contributed by atoms with E-state index in [1.165, 1.54) is 11.8 Å². The van der Waals surface area contributed by atoms with Crippen LogP contribution in [0, 0.1) is 6.92 Å². The number of hydrogen-bond acceptors (Lipinski definition) is 5. The van der Waals surface area contributed by atoms with Gasteiger partial charge < -0.3 is 4.42 Å².